The molecule has 1 aliphatic carbocycles. The van der Waals surface area contributed by atoms with E-state index in [1.165, 1.54) is 13.3 Å². The van der Waals surface area contributed by atoms with E-state index in [0.717, 1.165) is 23.9 Å². The average Bonchev–Trinajstić information content (AvgIpc) is 3.13. The van der Waals surface area contributed by atoms with Crippen LogP contribution < -0.4 is 10.9 Å². The number of para-hydroxylation sites is 1. The van der Waals surface area contributed by atoms with Crippen molar-refractivity contribution >= 4 is 23.3 Å². The number of rotatable bonds is 5. The quantitative estimate of drug-likeness (QED) is 0.806. The minimum atomic E-state index is -0.552. The Balaban J connectivity index is 1.92. The van der Waals surface area contributed by atoms with Gasteiger partial charge in [0.1, 0.15) is 5.02 Å². The van der Waals surface area contributed by atoms with Crippen molar-refractivity contribution in [2.24, 2.45) is 0 Å². The zero-order chi connectivity index (χ0) is 18.7. The Hall–Kier alpha value is -2.38. The van der Waals surface area contributed by atoms with Crippen LogP contribution in [-0.2, 0) is 9.47 Å². The largest absolute Gasteiger partial charge is 0.465 e. The van der Waals surface area contributed by atoms with Gasteiger partial charge in [-0.15, -0.1) is 0 Å². The number of carbonyl (C=O) groups is 1. The van der Waals surface area contributed by atoms with Crippen LogP contribution in [0.5, 0.6) is 0 Å². The lowest BCUT2D eigenvalue weighted by Crippen LogP contribution is -2.26. The molecule has 2 atom stereocenters. The fourth-order valence-electron chi connectivity index (χ4n) is 3.15. The van der Waals surface area contributed by atoms with E-state index in [1.807, 2.05) is 0 Å². The summed E-state index contributed by atoms with van der Waals surface area (Å²) in [4.78, 5) is 24.6. The molecule has 1 heterocycles. The maximum Gasteiger partial charge on any atom is 0.340 e. The van der Waals surface area contributed by atoms with Gasteiger partial charge in [-0.2, -0.15) is 9.78 Å². The van der Waals surface area contributed by atoms with Gasteiger partial charge in [0.15, 0.2) is 0 Å². The summed E-state index contributed by atoms with van der Waals surface area (Å²) in [6.07, 6.45) is 4.46. The zero-order valence-electron chi connectivity index (χ0n) is 14.6. The zero-order valence-corrected chi connectivity index (χ0v) is 15.3. The minimum Gasteiger partial charge on any atom is -0.465 e. The van der Waals surface area contributed by atoms with Gasteiger partial charge in [0.2, 0.25) is 0 Å². The molecule has 1 N–H and O–H groups in total. The van der Waals surface area contributed by atoms with Gasteiger partial charge in [0, 0.05) is 13.2 Å². The second kappa shape index (κ2) is 7.88. The number of esters is 1. The first-order chi connectivity index (χ1) is 12.5. The highest BCUT2D eigenvalue weighted by Crippen LogP contribution is 2.27. The van der Waals surface area contributed by atoms with Crippen molar-refractivity contribution in [3.8, 4) is 5.69 Å². The SMILES string of the molecule is COC(=O)c1ccccc1-n1ncc(NC2CCC(OC)C2)c(Cl)c1=O. The van der Waals surface area contributed by atoms with Crippen LogP contribution in [-0.4, -0.2) is 42.1 Å². The summed E-state index contributed by atoms with van der Waals surface area (Å²) in [5.41, 5.74) is 0.526. The molecule has 138 valence electrons. The minimum absolute atomic E-state index is 0.0283. The Labute approximate surface area is 155 Å². The number of hydrogen-bond donors (Lipinski definition) is 1. The number of nitrogens with zero attached hydrogens (tertiary/aromatic N) is 2. The number of carbonyl (C=O) groups excluding carboxylic acids is 1. The molecular formula is C18H20ClN3O4. The lowest BCUT2D eigenvalue weighted by molar-refractivity contribution is 0.0600. The Bertz CT molecular complexity index is 868. The van der Waals surface area contributed by atoms with E-state index in [0.29, 0.717) is 11.4 Å². The van der Waals surface area contributed by atoms with Crippen LogP contribution in [0, 0.1) is 0 Å². The number of anilines is 1. The normalized spacial score (nSPS) is 19.3. The number of hydrogen-bond acceptors (Lipinski definition) is 6. The topological polar surface area (TPSA) is 82.5 Å². The number of aromatic nitrogens is 2. The number of nitrogens with one attached hydrogen (secondary N) is 1. The molecule has 2 unspecified atom stereocenters. The van der Waals surface area contributed by atoms with Gasteiger partial charge in [0.05, 0.1) is 36.3 Å². The predicted octanol–water partition coefficient (Wildman–Crippen LogP) is 2.65. The number of halogens is 1. The molecule has 0 amide bonds. The molecule has 1 aromatic carbocycles. The molecule has 0 spiro atoms. The predicted molar refractivity (Wildman–Crippen MR) is 98.2 cm³/mol. The lowest BCUT2D eigenvalue weighted by atomic mass is 10.2. The van der Waals surface area contributed by atoms with Crippen LogP contribution in [0.4, 0.5) is 5.69 Å². The molecule has 26 heavy (non-hydrogen) atoms. The third-order valence-electron chi connectivity index (χ3n) is 4.53. The molecule has 1 aromatic heterocycles. The summed E-state index contributed by atoms with van der Waals surface area (Å²) in [6.45, 7) is 0. The molecule has 0 aliphatic heterocycles. The summed E-state index contributed by atoms with van der Waals surface area (Å²) < 4.78 is 11.2. The van der Waals surface area contributed by atoms with Crippen LogP contribution in [0.3, 0.4) is 0 Å². The molecule has 7 nitrogen and oxygen atoms in total. The third-order valence-corrected chi connectivity index (χ3v) is 4.90. The van der Waals surface area contributed by atoms with Crippen LogP contribution in [0.2, 0.25) is 5.02 Å². The molecular weight excluding hydrogens is 358 g/mol. The van der Waals surface area contributed by atoms with Gasteiger partial charge in [-0.25, -0.2) is 4.79 Å². The van der Waals surface area contributed by atoms with Crippen molar-refractivity contribution < 1.29 is 14.3 Å². The molecule has 2 aromatic rings. The summed E-state index contributed by atoms with van der Waals surface area (Å²) in [5.74, 6) is -0.552. The van der Waals surface area contributed by atoms with Crippen molar-refractivity contribution in [3.05, 3.63) is 51.4 Å². The lowest BCUT2D eigenvalue weighted by Gasteiger charge is -2.16. The van der Waals surface area contributed by atoms with Gasteiger partial charge in [-0.3, -0.25) is 4.79 Å². The van der Waals surface area contributed by atoms with Gasteiger partial charge in [-0.1, -0.05) is 23.7 Å². The second-order valence-electron chi connectivity index (χ2n) is 6.11. The van der Waals surface area contributed by atoms with Crippen LogP contribution in [0.1, 0.15) is 29.6 Å². The van der Waals surface area contributed by atoms with Crippen LogP contribution >= 0.6 is 11.6 Å². The van der Waals surface area contributed by atoms with Crippen molar-refractivity contribution in [1.82, 2.24) is 9.78 Å². The first kappa shape index (κ1) is 18.4. The van der Waals surface area contributed by atoms with E-state index in [1.54, 1.807) is 31.4 Å². The third kappa shape index (κ3) is 3.59. The van der Waals surface area contributed by atoms with Crippen LogP contribution in [0.25, 0.3) is 5.69 Å². The monoisotopic (exact) mass is 377 g/mol. The van der Waals surface area contributed by atoms with Crippen LogP contribution in [0.15, 0.2) is 35.3 Å². The van der Waals surface area contributed by atoms with Gasteiger partial charge in [0.25, 0.3) is 5.56 Å². The van der Waals surface area contributed by atoms with E-state index in [4.69, 9.17) is 21.1 Å². The highest BCUT2D eigenvalue weighted by Gasteiger charge is 2.25. The fourth-order valence-corrected chi connectivity index (χ4v) is 3.33. The summed E-state index contributed by atoms with van der Waals surface area (Å²) in [6, 6.07) is 6.75. The first-order valence-electron chi connectivity index (χ1n) is 8.30. The van der Waals surface area contributed by atoms with E-state index >= 15 is 0 Å². The van der Waals surface area contributed by atoms with Crippen molar-refractivity contribution in [2.45, 2.75) is 31.4 Å². The van der Waals surface area contributed by atoms with Crippen molar-refractivity contribution in [1.29, 1.82) is 0 Å². The van der Waals surface area contributed by atoms with Crippen molar-refractivity contribution in [3.63, 3.8) is 0 Å². The summed E-state index contributed by atoms with van der Waals surface area (Å²) >= 11 is 6.28. The van der Waals surface area contributed by atoms with Crippen molar-refractivity contribution in [2.75, 3.05) is 19.5 Å². The number of benzene rings is 1. The standard InChI is InChI=1S/C18H20ClN3O4/c1-25-12-8-7-11(9-12)21-14-10-20-22(17(23)16(14)19)15-6-4-3-5-13(15)18(24)26-2/h3-6,10-12,21H,7-9H2,1-2H3. The van der Waals surface area contributed by atoms with E-state index in [-0.39, 0.29) is 22.7 Å². The molecule has 0 radical (unpaired) electrons. The maximum atomic E-state index is 12.7. The first-order valence-corrected chi connectivity index (χ1v) is 8.67. The molecule has 3 rings (SSSR count). The number of ether oxygens (including phenoxy) is 2. The molecule has 8 heteroatoms. The Morgan fingerprint density at radius 1 is 1.31 bits per heavy atom. The summed E-state index contributed by atoms with van der Waals surface area (Å²) in [5, 5.41) is 7.48. The van der Waals surface area contributed by atoms with E-state index in [9.17, 15) is 9.59 Å². The van der Waals surface area contributed by atoms with Gasteiger partial charge >= 0.3 is 5.97 Å². The molecule has 0 saturated heterocycles. The Morgan fingerprint density at radius 3 is 2.77 bits per heavy atom. The van der Waals surface area contributed by atoms with Gasteiger partial charge < -0.3 is 14.8 Å². The Kier molecular flexibility index (Phi) is 5.58. The number of methoxy groups -OCH3 is 2. The molecule has 0 bridgehead atoms. The van der Waals surface area contributed by atoms with E-state index < -0.39 is 11.5 Å². The highest BCUT2D eigenvalue weighted by molar-refractivity contribution is 6.33. The maximum absolute atomic E-state index is 12.7. The average molecular weight is 378 g/mol. The summed E-state index contributed by atoms with van der Waals surface area (Å²) in [7, 11) is 2.98. The van der Waals surface area contributed by atoms with E-state index in [2.05, 4.69) is 10.4 Å². The Morgan fingerprint density at radius 2 is 2.08 bits per heavy atom. The fraction of sp³-hybridized carbons (Fsp3) is 0.389. The second-order valence-corrected chi connectivity index (χ2v) is 6.49. The molecule has 1 fully saturated rings. The molecule has 1 saturated carbocycles. The highest BCUT2D eigenvalue weighted by atomic mass is 35.5. The smallest absolute Gasteiger partial charge is 0.340 e. The molecule has 1 aliphatic rings. The van der Waals surface area contributed by atoms with Gasteiger partial charge in [-0.05, 0) is 31.4 Å².